The molecule has 17 unspecified atom stereocenters. The molecule has 17 atom stereocenters. The van der Waals surface area contributed by atoms with Crippen LogP contribution in [0.15, 0.2) is 36.5 Å². The summed E-state index contributed by atoms with van der Waals surface area (Å²) in [5.41, 5.74) is 0. The quantitative estimate of drug-likeness (QED) is 0.0242. The van der Waals surface area contributed by atoms with E-state index in [4.69, 9.17) is 28.4 Å². The predicted octanol–water partition coefficient (Wildman–Crippen LogP) is 6.10. The topological polar surface area (TPSA) is 307 Å². The minimum atomic E-state index is -1.98. The molecule has 19 heteroatoms. The van der Waals surface area contributed by atoms with Gasteiger partial charge in [-0.15, -0.1) is 0 Å². The lowest BCUT2D eigenvalue weighted by molar-refractivity contribution is -0.379. The predicted molar refractivity (Wildman–Crippen MR) is 305 cm³/mol. The molecule has 19 nitrogen and oxygen atoms in total. The Balaban J connectivity index is 1.51. The highest BCUT2D eigenvalue weighted by atomic mass is 16.8. The minimum absolute atomic E-state index is 0.226. The number of amides is 1. The summed E-state index contributed by atoms with van der Waals surface area (Å²) in [5, 5.41) is 120. The van der Waals surface area contributed by atoms with Crippen molar-refractivity contribution in [2.75, 3.05) is 26.4 Å². The molecule has 3 aliphatic rings. The first-order valence-corrected chi connectivity index (χ1v) is 31.2. The Bertz CT molecular complexity index is 1600. The standard InChI is InChI=1S/C61H111NO18/c1-3-5-7-9-11-13-15-17-19-21-22-23-24-26-28-30-32-34-36-38-45(66)44(62-49(67)39-37-35-33-31-29-27-25-20-18-16-14-12-10-8-6-4-2)43-75-59-55(73)52(70)57(47(41-64)77-59)80-61-56(74)53(71)58(48(42-65)78-61)79-60-54(72)51(69)50(68)46(40-63)76-60/h20,25,28,30,36,38,44-48,50-61,63-66,68-74H,3-19,21-24,26-27,29,31-35,37,39-43H2,1-2H3,(H,62,67)/b25-20-,30-28+,38-36+. The SMILES string of the molecule is CCCCCCCCC/C=C\CCCCCCCC(=O)NC(COC1OC(CO)C(OC2OC(CO)C(OC3OC(CO)C(O)C(O)C3O)C(O)C2O)C(O)C1O)C(O)/C=C/CC/C=C/CCCCCCCCCCCCCCC. The molecule has 0 aromatic rings. The Morgan fingerprint density at radius 1 is 0.438 bits per heavy atom. The highest BCUT2D eigenvalue weighted by Crippen LogP contribution is 2.33. The van der Waals surface area contributed by atoms with Gasteiger partial charge in [0.15, 0.2) is 18.9 Å². The lowest BCUT2D eigenvalue weighted by atomic mass is 9.96. The number of hydrogen-bond acceptors (Lipinski definition) is 18. The van der Waals surface area contributed by atoms with Crippen LogP contribution < -0.4 is 5.32 Å². The maximum absolute atomic E-state index is 13.3. The molecule has 3 heterocycles. The molecule has 3 aliphatic heterocycles. The second kappa shape index (κ2) is 44.5. The van der Waals surface area contributed by atoms with Crippen LogP contribution in [0.3, 0.4) is 0 Å². The van der Waals surface area contributed by atoms with E-state index in [0.717, 1.165) is 57.8 Å². The molecule has 80 heavy (non-hydrogen) atoms. The number of hydrogen-bond donors (Lipinski definition) is 12. The number of carbonyl (C=O) groups is 1. The van der Waals surface area contributed by atoms with Crippen molar-refractivity contribution in [1.82, 2.24) is 5.32 Å². The van der Waals surface area contributed by atoms with E-state index in [-0.39, 0.29) is 18.9 Å². The maximum Gasteiger partial charge on any atom is 0.220 e. The van der Waals surface area contributed by atoms with Gasteiger partial charge in [-0.2, -0.15) is 0 Å². The molecule has 3 saturated heterocycles. The van der Waals surface area contributed by atoms with Gasteiger partial charge in [0.1, 0.15) is 73.2 Å². The highest BCUT2D eigenvalue weighted by molar-refractivity contribution is 5.76. The molecule has 468 valence electrons. The van der Waals surface area contributed by atoms with Gasteiger partial charge in [0.05, 0.1) is 38.6 Å². The molecule has 3 fully saturated rings. The van der Waals surface area contributed by atoms with Crippen molar-refractivity contribution in [1.29, 1.82) is 0 Å². The lowest BCUT2D eigenvalue weighted by Crippen LogP contribution is -2.66. The number of aliphatic hydroxyl groups excluding tert-OH is 11. The van der Waals surface area contributed by atoms with Gasteiger partial charge in [-0.3, -0.25) is 4.79 Å². The third-order valence-corrected chi connectivity index (χ3v) is 15.7. The summed E-state index contributed by atoms with van der Waals surface area (Å²) >= 11 is 0. The van der Waals surface area contributed by atoms with Crippen LogP contribution in [0.2, 0.25) is 0 Å². The second-order valence-electron chi connectivity index (χ2n) is 22.5. The summed E-state index contributed by atoms with van der Waals surface area (Å²) < 4.78 is 34.2. The van der Waals surface area contributed by atoms with Gasteiger partial charge in [0, 0.05) is 6.42 Å². The zero-order valence-electron chi connectivity index (χ0n) is 48.8. The highest BCUT2D eigenvalue weighted by Gasteiger charge is 2.53. The van der Waals surface area contributed by atoms with Gasteiger partial charge in [0.2, 0.25) is 5.91 Å². The summed E-state index contributed by atoms with van der Waals surface area (Å²) in [5.74, 6) is -0.294. The van der Waals surface area contributed by atoms with Crippen LogP contribution in [0.5, 0.6) is 0 Å². The van der Waals surface area contributed by atoms with Crippen molar-refractivity contribution >= 4 is 5.91 Å². The van der Waals surface area contributed by atoms with E-state index in [1.807, 2.05) is 6.08 Å². The van der Waals surface area contributed by atoms with Crippen LogP contribution in [0.4, 0.5) is 0 Å². The van der Waals surface area contributed by atoms with E-state index in [2.05, 4.69) is 43.5 Å². The molecule has 0 spiro atoms. The number of carbonyl (C=O) groups excluding carboxylic acids is 1. The van der Waals surface area contributed by atoms with Gasteiger partial charge >= 0.3 is 0 Å². The van der Waals surface area contributed by atoms with Crippen molar-refractivity contribution in [2.45, 2.75) is 317 Å². The van der Waals surface area contributed by atoms with E-state index in [1.54, 1.807) is 6.08 Å². The summed E-state index contributed by atoms with van der Waals surface area (Å²) in [6, 6.07) is -0.993. The number of nitrogens with one attached hydrogen (secondary N) is 1. The smallest absolute Gasteiger partial charge is 0.220 e. The van der Waals surface area contributed by atoms with E-state index in [0.29, 0.717) is 12.8 Å². The van der Waals surface area contributed by atoms with E-state index >= 15 is 0 Å². The molecular formula is C61H111NO18. The van der Waals surface area contributed by atoms with Gasteiger partial charge in [-0.25, -0.2) is 0 Å². The molecule has 0 saturated carbocycles. The monoisotopic (exact) mass is 1150 g/mol. The number of allylic oxidation sites excluding steroid dienone is 5. The molecule has 0 bridgehead atoms. The maximum atomic E-state index is 13.3. The zero-order chi connectivity index (χ0) is 58.3. The molecular weight excluding hydrogens is 1030 g/mol. The van der Waals surface area contributed by atoms with Crippen LogP contribution in [0, 0.1) is 0 Å². The van der Waals surface area contributed by atoms with Crippen LogP contribution in [0.1, 0.15) is 213 Å². The first-order chi connectivity index (χ1) is 38.8. The average Bonchev–Trinajstić information content (AvgIpc) is 3.50. The third kappa shape index (κ3) is 27.8. The third-order valence-electron chi connectivity index (χ3n) is 15.7. The summed E-state index contributed by atoms with van der Waals surface area (Å²) in [6.45, 7) is 1.70. The number of unbranched alkanes of at least 4 members (excludes halogenated alkanes) is 26. The molecule has 12 N–H and O–H groups in total. The van der Waals surface area contributed by atoms with E-state index < -0.39 is 124 Å². The first kappa shape index (κ1) is 72.3. The lowest BCUT2D eigenvalue weighted by Gasteiger charge is -2.48. The number of aliphatic hydroxyl groups is 11. The zero-order valence-corrected chi connectivity index (χ0v) is 48.8. The molecule has 0 aliphatic carbocycles. The summed E-state index contributed by atoms with van der Waals surface area (Å²) in [7, 11) is 0. The first-order valence-electron chi connectivity index (χ1n) is 31.2. The Hall–Kier alpha value is -1.99. The largest absolute Gasteiger partial charge is 0.394 e. The molecule has 0 aromatic heterocycles. The fourth-order valence-corrected chi connectivity index (χ4v) is 10.5. The Morgan fingerprint density at radius 3 is 1.25 bits per heavy atom. The normalized spacial score (nSPS) is 30.2. The fraction of sp³-hybridized carbons (Fsp3) is 0.885. The van der Waals surface area contributed by atoms with Crippen LogP contribution in [-0.2, 0) is 33.2 Å². The molecule has 0 aromatic carbocycles. The molecule has 3 rings (SSSR count). The molecule has 1 amide bonds. The van der Waals surface area contributed by atoms with Crippen LogP contribution in [-0.4, -0.2) is 193 Å². The summed E-state index contributed by atoms with van der Waals surface area (Å²) in [4.78, 5) is 13.3. The van der Waals surface area contributed by atoms with Crippen molar-refractivity contribution in [3.63, 3.8) is 0 Å². The van der Waals surface area contributed by atoms with E-state index in [1.165, 1.54) is 122 Å². The second-order valence-corrected chi connectivity index (χ2v) is 22.5. The number of ether oxygens (including phenoxy) is 6. The van der Waals surface area contributed by atoms with Gasteiger partial charge in [0.25, 0.3) is 0 Å². The van der Waals surface area contributed by atoms with Crippen molar-refractivity contribution < 1.29 is 89.4 Å². The van der Waals surface area contributed by atoms with Crippen LogP contribution in [0.25, 0.3) is 0 Å². The van der Waals surface area contributed by atoms with Crippen LogP contribution >= 0.6 is 0 Å². The van der Waals surface area contributed by atoms with Gasteiger partial charge in [-0.05, 0) is 57.8 Å². The van der Waals surface area contributed by atoms with Crippen molar-refractivity contribution in [3.8, 4) is 0 Å². The van der Waals surface area contributed by atoms with Gasteiger partial charge in [-0.1, -0.05) is 185 Å². The fourth-order valence-electron chi connectivity index (χ4n) is 10.5. The van der Waals surface area contributed by atoms with Crippen molar-refractivity contribution in [2.24, 2.45) is 0 Å². The number of rotatable bonds is 46. The van der Waals surface area contributed by atoms with E-state index in [9.17, 15) is 61.0 Å². The molecule has 0 radical (unpaired) electrons. The Labute approximate surface area is 479 Å². The minimum Gasteiger partial charge on any atom is -0.394 e. The Morgan fingerprint density at radius 2 is 0.800 bits per heavy atom. The Kier molecular flexibility index (Phi) is 40.2. The average molecular weight is 1150 g/mol. The van der Waals surface area contributed by atoms with Crippen molar-refractivity contribution in [3.05, 3.63) is 36.5 Å². The van der Waals surface area contributed by atoms with Gasteiger partial charge < -0.3 is 89.9 Å². The summed E-state index contributed by atoms with van der Waals surface area (Å²) in [6.07, 6.45) is 21.2.